The molecular formula is C21H28N6O2. The van der Waals surface area contributed by atoms with E-state index in [1.54, 1.807) is 11.0 Å². The lowest BCUT2D eigenvalue weighted by Crippen LogP contribution is -2.55. The predicted octanol–water partition coefficient (Wildman–Crippen LogP) is 2.06. The van der Waals surface area contributed by atoms with Crippen LogP contribution >= 0.6 is 0 Å². The van der Waals surface area contributed by atoms with Gasteiger partial charge in [0.1, 0.15) is 11.9 Å². The van der Waals surface area contributed by atoms with Gasteiger partial charge in [-0.05, 0) is 55.2 Å². The highest BCUT2D eigenvalue weighted by Gasteiger charge is 2.45. The van der Waals surface area contributed by atoms with Gasteiger partial charge in [0.25, 0.3) is 11.8 Å². The first-order valence-corrected chi connectivity index (χ1v) is 10.5. The highest BCUT2D eigenvalue weighted by molar-refractivity contribution is 5.94. The fourth-order valence-corrected chi connectivity index (χ4v) is 4.53. The van der Waals surface area contributed by atoms with Gasteiger partial charge in [0, 0.05) is 24.7 Å². The lowest BCUT2D eigenvalue weighted by molar-refractivity contribution is -0.144. The number of carbonyl (C=O) groups excluding carboxylic acids is 2. The van der Waals surface area contributed by atoms with Crippen LogP contribution in [0.15, 0.2) is 30.6 Å². The van der Waals surface area contributed by atoms with Crippen LogP contribution in [0.2, 0.25) is 0 Å². The highest BCUT2D eigenvalue weighted by Crippen LogP contribution is 2.36. The third kappa shape index (κ3) is 4.02. The van der Waals surface area contributed by atoms with E-state index in [1.165, 1.54) is 0 Å². The van der Waals surface area contributed by atoms with Crippen molar-refractivity contribution in [2.75, 3.05) is 13.1 Å². The van der Waals surface area contributed by atoms with Gasteiger partial charge in [-0.3, -0.25) is 9.59 Å². The van der Waals surface area contributed by atoms with E-state index in [4.69, 9.17) is 0 Å². The molecule has 1 N–H and O–H groups in total. The Labute approximate surface area is 170 Å². The molecule has 1 aromatic heterocycles. The van der Waals surface area contributed by atoms with Crippen molar-refractivity contribution < 1.29 is 9.59 Å². The maximum atomic E-state index is 13.5. The Hall–Kier alpha value is -2.77. The Bertz CT molecular complexity index is 835. The molecule has 154 valence electrons. The number of hydrogen-bond donors (Lipinski definition) is 1. The standard InChI is InChI=1S/C21H28N6O2/c1-16-5-7-17(8-6-16)19(28)23-18-9-13-26(14-10-18)20(29)21(11-3-2-4-12-21)27-15-22-24-25-27/h5-8,15,18H,2-4,9-14H2,1H3,(H,23,28). The normalized spacial score (nSPS) is 19.7. The number of carbonyl (C=O) groups is 2. The molecule has 2 amide bonds. The zero-order valence-corrected chi connectivity index (χ0v) is 16.9. The van der Waals surface area contributed by atoms with Crippen LogP contribution in [-0.2, 0) is 10.3 Å². The summed E-state index contributed by atoms with van der Waals surface area (Å²) in [7, 11) is 0. The monoisotopic (exact) mass is 396 g/mol. The minimum Gasteiger partial charge on any atom is -0.349 e. The number of aromatic nitrogens is 4. The number of hydrogen-bond acceptors (Lipinski definition) is 5. The number of nitrogens with zero attached hydrogens (tertiary/aromatic N) is 5. The maximum absolute atomic E-state index is 13.5. The number of benzene rings is 1. The van der Waals surface area contributed by atoms with Gasteiger partial charge in [0.05, 0.1) is 0 Å². The number of amides is 2. The van der Waals surface area contributed by atoms with Gasteiger partial charge in [-0.2, -0.15) is 0 Å². The summed E-state index contributed by atoms with van der Waals surface area (Å²) >= 11 is 0. The Morgan fingerprint density at radius 1 is 1.07 bits per heavy atom. The van der Waals surface area contributed by atoms with Crippen LogP contribution in [-0.4, -0.2) is 56.1 Å². The second-order valence-electron chi connectivity index (χ2n) is 8.25. The van der Waals surface area contributed by atoms with Crippen molar-refractivity contribution in [1.29, 1.82) is 0 Å². The van der Waals surface area contributed by atoms with Crippen molar-refractivity contribution in [2.45, 2.75) is 63.5 Å². The minimum absolute atomic E-state index is 0.0489. The molecule has 2 fully saturated rings. The molecule has 2 aliphatic rings. The SMILES string of the molecule is Cc1ccc(C(=O)NC2CCN(C(=O)C3(n4cnnn4)CCCCC3)CC2)cc1. The number of aryl methyl sites for hydroxylation is 1. The van der Waals surface area contributed by atoms with Gasteiger partial charge in [-0.15, -0.1) is 5.10 Å². The first kappa shape index (κ1) is 19.5. The molecule has 0 spiro atoms. The number of piperidine rings is 1. The average Bonchev–Trinajstić information content (AvgIpc) is 3.30. The first-order chi connectivity index (χ1) is 14.1. The molecule has 2 aromatic rings. The number of nitrogens with one attached hydrogen (secondary N) is 1. The van der Waals surface area contributed by atoms with Gasteiger partial charge in [-0.25, -0.2) is 4.68 Å². The van der Waals surface area contributed by atoms with Crippen molar-refractivity contribution in [3.8, 4) is 0 Å². The number of rotatable bonds is 4. The molecule has 29 heavy (non-hydrogen) atoms. The first-order valence-electron chi connectivity index (χ1n) is 10.5. The molecule has 0 unspecified atom stereocenters. The molecule has 1 saturated heterocycles. The van der Waals surface area contributed by atoms with E-state index >= 15 is 0 Å². The third-order valence-corrected chi connectivity index (χ3v) is 6.30. The summed E-state index contributed by atoms with van der Waals surface area (Å²) in [4.78, 5) is 27.9. The zero-order chi connectivity index (χ0) is 20.3. The summed E-state index contributed by atoms with van der Waals surface area (Å²) in [6.45, 7) is 3.28. The summed E-state index contributed by atoms with van der Waals surface area (Å²) in [5.41, 5.74) is 1.15. The van der Waals surface area contributed by atoms with Gasteiger partial charge in [0.2, 0.25) is 0 Å². The summed E-state index contributed by atoms with van der Waals surface area (Å²) in [6.07, 6.45) is 7.80. The highest BCUT2D eigenvalue weighted by atomic mass is 16.2. The molecule has 0 bridgehead atoms. The number of tetrazole rings is 1. The van der Waals surface area contributed by atoms with E-state index in [9.17, 15) is 9.59 Å². The fraction of sp³-hybridized carbons (Fsp3) is 0.571. The molecule has 1 saturated carbocycles. The van der Waals surface area contributed by atoms with Crippen LogP contribution in [0.3, 0.4) is 0 Å². The second-order valence-corrected chi connectivity index (χ2v) is 8.25. The summed E-state index contributed by atoms with van der Waals surface area (Å²) < 4.78 is 1.67. The van der Waals surface area contributed by atoms with Crippen molar-refractivity contribution >= 4 is 11.8 Å². The lowest BCUT2D eigenvalue weighted by Gasteiger charge is -2.41. The Balaban J connectivity index is 1.38. The van der Waals surface area contributed by atoms with Crippen LogP contribution in [0.25, 0.3) is 0 Å². The molecular weight excluding hydrogens is 368 g/mol. The molecule has 1 aliphatic heterocycles. The van der Waals surface area contributed by atoms with E-state index in [0.717, 1.165) is 50.5 Å². The molecule has 8 heteroatoms. The Morgan fingerprint density at radius 2 is 1.76 bits per heavy atom. The van der Waals surface area contributed by atoms with Crippen LogP contribution in [0.4, 0.5) is 0 Å². The van der Waals surface area contributed by atoms with Crippen molar-refractivity contribution in [1.82, 2.24) is 30.4 Å². The molecule has 0 radical (unpaired) electrons. The molecule has 0 atom stereocenters. The molecule has 1 aromatic carbocycles. The van der Waals surface area contributed by atoms with Crippen LogP contribution in [0.5, 0.6) is 0 Å². The van der Waals surface area contributed by atoms with E-state index < -0.39 is 5.54 Å². The Morgan fingerprint density at radius 3 is 2.38 bits per heavy atom. The minimum atomic E-state index is -0.653. The van der Waals surface area contributed by atoms with Crippen molar-refractivity contribution in [2.24, 2.45) is 0 Å². The lowest BCUT2D eigenvalue weighted by atomic mass is 9.80. The molecule has 1 aliphatic carbocycles. The summed E-state index contributed by atoms with van der Waals surface area (Å²) in [5, 5.41) is 14.7. The molecule has 4 rings (SSSR count). The maximum Gasteiger partial charge on any atom is 0.251 e. The molecule has 8 nitrogen and oxygen atoms in total. The largest absolute Gasteiger partial charge is 0.349 e. The summed E-state index contributed by atoms with van der Waals surface area (Å²) in [5.74, 6) is 0.0695. The fourth-order valence-electron chi connectivity index (χ4n) is 4.53. The Kier molecular flexibility index (Phi) is 5.60. The van der Waals surface area contributed by atoms with Gasteiger partial charge in [-0.1, -0.05) is 37.0 Å². The van der Waals surface area contributed by atoms with Gasteiger partial charge >= 0.3 is 0 Å². The van der Waals surface area contributed by atoms with Crippen LogP contribution in [0.1, 0.15) is 60.9 Å². The third-order valence-electron chi connectivity index (χ3n) is 6.30. The quantitative estimate of drug-likeness (QED) is 0.854. The van der Waals surface area contributed by atoms with E-state index in [1.807, 2.05) is 36.1 Å². The molecule has 2 heterocycles. The van der Waals surface area contributed by atoms with Gasteiger partial charge < -0.3 is 10.2 Å². The van der Waals surface area contributed by atoms with E-state index in [-0.39, 0.29) is 17.9 Å². The predicted molar refractivity (Wildman–Crippen MR) is 107 cm³/mol. The average molecular weight is 396 g/mol. The van der Waals surface area contributed by atoms with E-state index in [2.05, 4.69) is 20.8 Å². The van der Waals surface area contributed by atoms with Crippen LogP contribution in [0, 0.1) is 6.92 Å². The zero-order valence-electron chi connectivity index (χ0n) is 16.9. The van der Waals surface area contributed by atoms with Crippen LogP contribution < -0.4 is 5.32 Å². The topological polar surface area (TPSA) is 93.0 Å². The number of likely N-dealkylation sites (tertiary alicyclic amines) is 1. The van der Waals surface area contributed by atoms with E-state index in [0.29, 0.717) is 18.7 Å². The summed E-state index contributed by atoms with van der Waals surface area (Å²) in [6, 6.07) is 7.67. The smallest absolute Gasteiger partial charge is 0.251 e. The van der Waals surface area contributed by atoms with Crippen molar-refractivity contribution in [3.63, 3.8) is 0 Å². The second kappa shape index (κ2) is 8.31. The van der Waals surface area contributed by atoms with Crippen molar-refractivity contribution in [3.05, 3.63) is 41.7 Å². The van der Waals surface area contributed by atoms with Gasteiger partial charge in [0.15, 0.2) is 0 Å².